The summed E-state index contributed by atoms with van der Waals surface area (Å²) < 4.78 is 48.1. The second-order valence-electron chi connectivity index (χ2n) is 7.54. The standard InChI is InChI=1S/C22H27F2N3O3S/c1-2-26-11-13-27(14-12-26)16-18-5-3-17(4-6-18)15-25-21(28)19-7-9-20(10-8-19)31(29,30)22(23)24/h3-10,22H,2,11-16H2,1H3,(H,25,28). The molecule has 168 valence electrons. The topological polar surface area (TPSA) is 69.7 Å². The van der Waals surface area contributed by atoms with Gasteiger partial charge in [-0.15, -0.1) is 0 Å². The Morgan fingerprint density at radius 3 is 2.03 bits per heavy atom. The molecule has 1 fully saturated rings. The molecule has 3 rings (SSSR count). The first-order valence-corrected chi connectivity index (χ1v) is 11.8. The van der Waals surface area contributed by atoms with Crippen molar-refractivity contribution in [1.82, 2.24) is 15.1 Å². The summed E-state index contributed by atoms with van der Waals surface area (Å²) in [5.74, 6) is -3.89. The fourth-order valence-electron chi connectivity index (χ4n) is 3.47. The monoisotopic (exact) mass is 451 g/mol. The van der Waals surface area contributed by atoms with Gasteiger partial charge in [0.05, 0.1) is 4.90 Å². The van der Waals surface area contributed by atoms with Gasteiger partial charge >= 0.3 is 5.76 Å². The van der Waals surface area contributed by atoms with Crippen molar-refractivity contribution >= 4 is 15.7 Å². The molecule has 31 heavy (non-hydrogen) atoms. The van der Waals surface area contributed by atoms with Gasteiger partial charge < -0.3 is 10.2 Å². The van der Waals surface area contributed by atoms with E-state index in [4.69, 9.17) is 0 Å². The third-order valence-corrected chi connectivity index (χ3v) is 6.87. The zero-order chi connectivity index (χ0) is 22.4. The lowest BCUT2D eigenvalue weighted by Crippen LogP contribution is -2.45. The van der Waals surface area contributed by atoms with E-state index in [2.05, 4.69) is 34.2 Å². The number of rotatable bonds is 8. The minimum absolute atomic E-state index is 0.205. The number of benzene rings is 2. The number of nitrogens with zero attached hydrogens (tertiary/aromatic N) is 2. The van der Waals surface area contributed by atoms with Crippen LogP contribution in [0.5, 0.6) is 0 Å². The quantitative estimate of drug-likeness (QED) is 0.669. The Kier molecular flexibility index (Phi) is 7.74. The summed E-state index contributed by atoms with van der Waals surface area (Å²) in [7, 11) is -4.66. The van der Waals surface area contributed by atoms with Crippen LogP contribution < -0.4 is 5.32 Å². The molecule has 0 spiro atoms. The van der Waals surface area contributed by atoms with Gasteiger partial charge in [0.2, 0.25) is 9.84 Å². The van der Waals surface area contributed by atoms with Gasteiger partial charge in [0.25, 0.3) is 5.91 Å². The zero-order valence-electron chi connectivity index (χ0n) is 17.4. The van der Waals surface area contributed by atoms with Gasteiger partial charge in [0.15, 0.2) is 0 Å². The summed E-state index contributed by atoms with van der Waals surface area (Å²) in [6.45, 7) is 8.79. The highest BCUT2D eigenvalue weighted by atomic mass is 32.2. The van der Waals surface area contributed by atoms with Gasteiger partial charge in [-0.1, -0.05) is 31.2 Å². The predicted octanol–water partition coefficient (Wildman–Crippen LogP) is 2.75. The molecule has 0 aromatic heterocycles. The van der Waals surface area contributed by atoms with Crippen molar-refractivity contribution in [3.05, 3.63) is 65.2 Å². The second kappa shape index (κ2) is 10.3. The van der Waals surface area contributed by atoms with Crippen LogP contribution in [0.15, 0.2) is 53.4 Å². The highest BCUT2D eigenvalue weighted by Gasteiger charge is 2.26. The van der Waals surface area contributed by atoms with E-state index in [9.17, 15) is 22.0 Å². The van der Waals surface area contributed by atoms with Crippen molar-refractivity contribution in [1.29, 1.82) is 0 Å². The fraction of sp³-hybridized carbons (Fsp3) is 0.409. The van der Waals surface area contributed by atoms with Gasteiger partial charge in [0.1, 0.15) is 0 Å². The normalized spacial score (nSPS) is 15.9. The van der Waals surface area contributed by atoms with E-state index in [0.717, 1.165) is 57.0 Å². The van der Waals surface area contributed by atoms with Gasteiger partial charge in [-0.3, -0.25) is 9.69 Å². The summed E-state index contributed by atoms with van der Waals surface area (Å²) in [6, 6.07) is 12.5. The van der Waals surface area contributed by atoms with Crippen LogP contribution in [0.3, 0.4) is 0 Å². The lowest BCUT2D eigenvalue weighted by molar-refractivity contribution is 0.0951. The van der Waals surface area contributed by atoms with Crippen LogP contribution >= 0.6 is 0 Å². The van der Waals surface area contributed by atoms with E-state index in [1.165, 1.54) is 17.7 Å². The molecule has 0 radical (unpaired) electrons. The van der Waals surface area contributed by atoms with Crippen molar-refractivity contribution in [2.45, 2.75) is 30.7 Å². The van der Waals surface area contributed by atoms with Crippen molar-refractivity contribution in [3.8, 4) is 0 Å². The molecule has 1 N–H and O–H groups in total. The summed E-state index contributed by atoms with van der Waals surface area (Å²) in [4.78, 5) is 16.6. The number of carbonyl (C=O) groups is 1. The SMILES string of the molecule is CCN1CCN(Cc2ccc(CNC(=O)c3ccc(S(=O)(=O)C(F)F)cc3)cc2)CC1. The summed E-state index contributed by atoms with van der Waals surface area (Å²) in [5, 5.41) is 2.76. The van der Waals surface area contributed by atoms with E-state index >= 15 is 0 Å². The molecule has 0 aliphatic carbocycles. The van der Waals surface area contributed by atoms with E-state index in [-0.39, 0.29) is 5.56 Å². The summed E-state index contributed by atoms with van der Waals surface area (Å²) >= 11 is 0. The number of alkyl halides is 2. The molecule has 0 saturated carbocycles. The number of likely N-dealkylation sites (N-methyl/N-ethyl adjacent to an activating group) is 1. The van der Waals surface area contributed by atoms with Gasteiger partial charge in [-0.05, 0) is 41.9 Å². The van der Waals surface area contributed by atoms with Gasteiger partial charge in [-0.2, -0.15) is 8.78 Å². The molecule has 1 aliphatic rings. The Balaban J connectivity index is 1.50. The Labute approximate surface area is 181 Å². The van der Waals surface area contributed by atoms with E-state index in [1.807, 2.05) is 12.1 Å². The van der Waals surface area contributed by atoms with E-state index in [1.54, 1.807) is 0 Å². The van der Waals surface area contributed by atoms with Crippen LogP contribution in [-0.4, -0.2) is 62.6 Å². The van der Waals surface area contributed by atoms with E-state index in [0.29, 0.717) is 6.54 Å². The summed E-state index contributed by atoms with van der Waals surface area (Å²) in [6.07, 6.45) is 0. The lowest BCUT2D eigenvalue weighted by atomic mass is 10.1. The molecule has 0 bridgehead atoms. The molecule has 1 aliphatic heterocycles. The molecular formula is C22H27F2N3O3S. The molecule has 6 nitrogen and oxygen atoms in total. The maximum absolute atomic E-state index is 12.6. The third-order valence-electron chi connectivity index (χ3n) is 5.47. The predicted molar refractivity (Wildman–Crippen MR) is 115 cm³/mol. The number of sulfone groups is 1. The first-order chi connectivity index (χ1) is 14.8. The number of carbonyl (C=O) groups excluding carboxylic acids is 1. The Morgan fingerprint density at radius 1 is 0.935 bits per heavy atom. The molecule has 9 heteroatoms. The Hall–Kier alpha value is -2.36. The minimum Gasteiger partial charge on any atom is -0.348 e. The molecule has 2 aromatic carbocycles. The average Bonchev–Trinajstić information content (AvgIpc) is 2.79. The number of hydrogen-bond acceptors (Lipinski definition) is 5. The van der Waals surface area contributed by atoms with Crippen LogP contribution in [0.2, 0.25) is 0 Å². The van der Waals surface area contributed by atoms with Gasteiger partial charge in [-0.25, -0.2) is 8.42 Å². The third kappa shape index (κ3) is 6.09. The number of nitrogens with one attached hydrogen (secondary N) is 1. The maximum atomic E-state index is 12.6. The lowest BCUT2D eigenvalue weighted by Gasteiger charge is -2.34. The van der Waals surface area contributed by atoms with Crippen LogP contribution in [-0.2, 0) is 22.9 Å². The Morgan fingerprint density at radius 2 is 1.48 bits per heavy atom. The van der Waals surface area contributed by atoms with Gasteiger partial charge in [0, 0.05) is 44.8 Å². The minimum atomic E-state index is -4.66. The van der Waals surface area contributed by atoms with Crippen molar-refractivity contribution in [3.63, 3.8) is 0 Å². The van der Waals surface area contributed by atoms with Crippen molar-refractivity contribution in [2.75, 3.05) is 32.7 Å². The number of halogens is 2. The van der Waals surface area contributed by atoms with Crippen LogP contribution in [0.25, 0.3) is 0 Å². The molecule has 1 heterocycles. The molecule has 1 saturated heterocycles. The first kappa shape index (κ1) is 23.3. The largest absolute Gasteiger partial charge is 0.348 e. The fourth-order valence-corrected chi connectivity index (χ4v) is 4.19. The number of amides is 1. The molecular weight excluding hydrogens is 424 g/mol. The summed E-state index contributed by atoms with van der Waals surface area (Å²) in [5.41, 5.74) is 2.36. The average molecular weight is 452 g/mol. The Bertz CT molecular complexity index is 972. The van der Waals surface area contributed by atoms with Crippen molar-refractivity contribution in [2.24, 2.45) is 0 Å². The van der Waals surface area contributed by atoms with Crippen LogP contribution in [0, 0.1) is 0 Å². The zero-order valence-corrected chi connectivity index (χ0v) is 18.2. The molecule has 2 aromatic rings. The number of piperazine rings is 1. The molecule has 0 atom stereocenters. The van der Waals surface area contributed by atoms with Crippen LogP contribution in [0.4, 0.5) is 8.78 Å². The van der Waals surface area contributed by atoms with E-state index < -0.39 is 26.4 Å². The second-order valence-corrected chi connectivity index (χ2v) is 9.46. The highest BCUT2D eigenvalue weighted by Crippen LogP contribution is 2.18. The first-order valence-electron chi connectivity index (χ1n) is 10.2. The maximum Gasteiger partial charge on any atom is 0.341 e. The molecule has 1 amide bonds. The van der Waals surface area contributed by atoms with Crippen LogP contribution in [0.1, 0.15) is 28.4 Å². The smallest absolute Gasteiger partial charge is 0.341 e. The molecule has 0 unspecified atom stereocenters. The number of hydrogen-bond donors (Lipinski definition) is 1. The van der Waals surface area contributed by atoms with Crippen molar-refractivity contribution < 1.29 is 22.0 Å². The highest BCUT2D eigenvalue weighted by molar-refractivity contribution is 7.91.